The van der Waals surface area contributed by atoms with Crippen molar-refractivity contribution in [1.29, 1.82) is 0 Å². The molecule has 3 aliphatic heterocycles. The van der Waals surface area contributed by atoms with Crippen molar-refractivity contribution < 1.29 is 137 Å². The summed E-state index contributed by atoms with van der Waals surface area (Å²) >= 11 is 0. The van der Waals surface area contributed by atoms with Crippen LogP contribution in [0.15, 0.2) is 107 Å². The molecular weight excluding hydrogens is 1590 g/mol. The van der Waals surface area contributed by atoms with Gasteiger partial charge in [0, 0.05) is 159 Å². The number of nitrogens with one attached hydrogen (secondary N) is 2. The van der Waals surface area contributed by atoms with Gasteiger partial charge in [-0.1, -0.05) is 63.6 Å². The molecule has 1 saturated heterocycles. The molecule has 0 bridgehead atoms. The summed E-state index contributed by atoms with van der Waals surface area (Å²) in [5.41, 5.74) is 14.9. The maximum atomic E-state index is 12.6. The number of carboxylic acid groups (broad SMARTS) is 4. The number of unbranched alkanes of at least 4 members (excludes halogenated alkanes) is 4. The molecule has 0 aliphatic carbocycles. The number of nitrogens with zero attached hydrogens (tertiary/aromatic N) is 6. The van der Waals surface area contributed by atoms with E-state index in [0.717, 1.165) is 63.9 Å². The Morgan fingerprint density at radius 3 is 1.52 bits per heavy atom. The quantitative estimate of drug-likeness (QED) is 0.00839. The van der Waals surface area contributed by atoms with Gasteiger partial charge in [-0.15, -0.1) is 0 Å². The van der Waals surface area contributed by atoms with Crippen molar-refractivity contribution in [3.8, 4) is 0 Å². The van der Waals surface area contributed by atoms with Crippen LogP contribution in [-0.4, -0.2) is 247 Å². The van der Waals surface area contributed by atoms with Crippen LogP contribution < -0.4 is 27.0 Å². The standard InChI is InChI=1S/C50H61N3O12S3.C22H41N7O8.CH3.Gd/c1-33(48(55)56)15-12-13-28-51-45(54)18-11-8-14-29-52-41-25-19-35-31-37(67(60,61)62)21-23-39(35)46(41)49(3,4)43(52)16-9-7-10-17-44-50(5,6)47-40-24-22-38(68(63,64)65)32-36(40)20-26-42(47)53(44)30-27-34(2)66(57,58)59;23-17(22(24)37)3-1-2-4-25-18(30)13-26-5-7-27(14-19(31)32)9-11-29(16-21(35)36)12-10-28(8-6-26)15-20(33)34;;/h7,9-10,16-17,19-26,31-34H,8,11-15,18,27-30H2,1-6H3,(H4-,51,54,55,56,57,58,59,60,61,62,63,64,65);17H,1-16,23H2,(H2,24,37)(H,25,30)(H,31,32)(H,33,34)(H,35,36);1H3;/q;;-1;/p+1/t33-,34?;17-;;/m00../s1. The number of carbonyl (C=O) groups excluding carboxylic acids is 3. The molecule has 30 nitrogen and oxygen atoms in total. The second kappa shape index (κ2) is 41.9. The molecule has 1 fully saturated rings. The van der Waals surface area contributed by atoms with Gasteiger partial charge < -0.3 is 54.9 Å². The summed E-state index contributed by atoms with van der Waals surface area (Å²) in [5.74, 6) is -5.11. The van der Waals surface area contributed by atoms with Gasteiger partial charge in [-0.3, -0.25) is 66.8 Å². The van der Waals surface area contributed by atoms with Crippen molar-refractivity contribution >= 4 is 111 Å². The van der Waals surface area contributed by atoms with E-state index < -0.39 is 88.2 Å². The van der Waals surface area contributed by atoms with Crippen molar-refractivity contribution in [2.45, 2.75) is 144 Å². The van der Waals surface area contributed by atoms with Gasteiger partial charge in [0.15, 0.2) is 5.71 Å². The minimum absolute atomic E-state index is 0. The van der Waals surface area contributed by atoms with Crippen molar-refractivity contribution in [3.05, 3.63) is 115 Å². The average Bonchev–Trinajstić information content (AvgIpc) is 1.58. The van der Waals surface area contributed by atoms with Crippen molar-refractivity contribution in [2.75, 3.05) is 110 Å². The number of aliphatic carboxylic acids is 4. The minimum atomic E-state index is -4.45. The zero-order valence-corrected chi connectivity index (χ0v) is 66.6. The fraction of sp³-hybridized carbons (Fsp3) is 0.521. The predicted molar refractivity (Wildman–Crippen MR) is 404 cm³/mol. The zero-order chi connectivity index (χ0) is 77.8. The van der Waals surface area contributed by atoms with Crippen LogP contribution >= 0.6 is 0 Å². The van der Waals surface area contributed by atoms with Crippen LogP contribution in [0.5, 0.6) is 0 Å². The van der Waals surface area contributed by atoms with Gasteiger partial charge in [0.05, 0.1) is 58.6 Å². The Bertz CT molecular complexity index is 4270. The Labute approximate surface area is 659 Å². The third kappa shape index (κ3) is 27.6. The molecule has 13 N–H and O–H groups in total. The summed E-state index contributed by atoms with van der Waals surface area (Å²) in [5, 5.41) is 44.4. The second-order valence-corrected chi connectivity index (χ2v) is 32.7. The summed E-state index contributed by atoms with van der Waals surface area (Å²) in [7, 11) is -13.2. The van der Waals surface area contributed by atoms with E-state index in [4.69, 9.17) is 16.6 Å². The normalized spacial score (nSPS) is 17.4. The van der Waals surface area contributed by atoms with E-state index in [1.54, 1.807) is 39.8 Å². The molecule has 0 radical (unpaired) electrons. The Hall–Kier alpha value is -6.77. The molecule has 1 unspecified atom stereocenters. The first-order valence-corrected chi connectivity index (χ1v) is 39.5. The maximum absolute atomic E-state index is 12.6. The molecule has 3 atom stereocenters. The Kier molecular flexibility index (Phi) is 36.2. The predicted octanol–water partition coefficient (Wildman–Crippen LogP) is 5.90. The molecule has 7 rings (SSSR count). The molecule has 0 aromatic heterocycles. The van der Waals surface area contributed by atoms with E-state index >= 15 is 0 Å². The molecule has 107 heavy (non-hydrogen) atoms. The van der Waals surface area contributed by atoms with Crippen molar-refractivity contribution in [2.24, 2.45) is 17.4 Å². The number of hydrogen-bond donors (Lipinski definition) is 11. The zero-order valence-electron chi connectivity index (χ0n) is 61.8. The third-order valence-electron chi connectivity index (χ3n) is 19.3. The van der Waals surface area contributed by atoms with Gasteiger partial charge in [-0.2, -0.15) is 29.8 Å². The number of hydrogen-bond acceptors (Lipinski definition) is 19. The largest absolute Gasteiger partial charge is 0.481 e. The summed E-state index contributed by atoms with van der Waals surface area (Å²) in [6, 6.07) is 15.7. The summed E-state index contributed by atoms with van der Waals surface area (Å²) in [4.78, 5) is 89.6. The van der Waals surface area contributed by atoms with Gasteiger partial charge >= 0.3 is 23.9 Å². The van der Waals surface area contributed by atoms with Crippen LogP contribution in [0.2, 0.25) is 0 Å². The fourth-order valence-corrected chi connectivity index (χ4v) is 14.8. The number of benzene rings is 4. The van der Waals surface area contributed by atoms with E-state index in [9.17, 15) is 87.8 Å². The maximum Gasteiger partial charge on any atom is 0.317 e. The Morgan fingerprint density at radius 2 is 1.05 bits per heavy atom. The third-order valence-corrected chi connectivity index (χ3v) is 22.3. The number of amides is 3. The first kappa shape index (κ1) is 92.6. The minimum Gasteiger partial charge on any atom is -0.481 e. The first-order chi connectivity index (χ1) is 49.2. The number of carboxylic acids is 4. The smallest absolute Gasteiger partial charge is 0.317 e. The molecule has 3 heterocycles. The first-order valence-electron chi connectivity index (χ1n) is 35.1. The SMILES string of the molecule is CC(CCN1C(=CC=CC=CC2=[N+](CCCCCC(=O)NCCCC[C@H](C)C(=O)O)c3ccc4cc(S(=O)(=O)O)ccc4c3C2(C)C)C(C)(C)c2c1ccc1cc(S(=O)(=O)O)ccc21)S(=O)(=O)O.NC(=O)[C@@H](N)CCCCNC(=O)CN1CCN(CC(=O)O)CCN(CC(=O)O)CCN(CC(=O)O)CC1.[CH3-].[Gd]. The van der Waals surface area contributed by atoms with E-state index in [1.807, 2.05) is 72.2 Å². The van der Waals surface area contributed by atoms with Crippen LogP contribution in [-0.2, 0) is 74.7 Å². The number of allylic oxidation sites excluding steroid dienone is 6. The topological polar surface area (TPSA) is 459 Å². The molecule has 3 amide bonds. The molecule has 4 aromatic rings. The average molecular weight is 1700 g/mol. The van der Waals surface area contributed by atoms with Crippen LogP contribution in [0.25, 0.3) is 21.5 Å². The number of anilines is 1. The molecule has 34 heteroatoms. The molecule has 3 aliphatic rings. The number of fused-ring (bicyclic) bond motifs is 6. The Morgan fingerprint density at radius 1 is 0.570 bits per heavy atom. The number of rotatable bonds is 35. The van der Waals surface area contributed by atoms with Crippen LogP contribution in [0.4, 0.5) is 11.4 Å². The fourth-order valence-electron chi connectivity index (χ4n) is 13.4. The number of carbonyl (C=O) groups is 7. The summed E-state index contributed by atoms with van der Waals surface area (Å²) < 4.78 is 104. The molecule has 594 valence electrons. The van der Waals surface area contributed by atoms with E-state index in [-0.39, 0.29) is 108 Å². The monoisotopic (exact) mass is 1700 g/mol. The van der Waals surface area contributed by atoms with Gasteiger partial charge in [-0.05, 0) is 142 Å². The van der Waals surface area contributed by atoms with Crippen LogP contribution in [0, 0.1) is 53.3 Å². The van der Waals surface area contributed by atoms with E-state index in [2.05, 4.69) is 29.1 Å². The van der Waals surface area contributed by atoms with Gasteiger partial charge in [0.2, 0.25) is 23.4 Å². The van der Waals surface area contributed by atoms with Gasteiger partial charge in [0.25, 0.3) is 30.4 Å². The van der Waals surface area contributed by atoms with E-state index in [0.29, 0.717) is 128 Å². The molecule has 0 saturated carbocycles. The molecule has 4 aromatic carbocycles. The number of primary amides is 1. The van der Waals surface area contributed by atoms with Crippen molar-refractivity contribution in [1.82, 2.24) is 30.2 Å². The van der Waals surface area contributed by atoms with Crippen LogP contribution in [0.1, 0.15) is 123 Å². The van der Waals surface area contributed by atoms with Gasteiger partial charge in [0.1, 0.15) is 6.54 Å². The van der Waals surface area contributed by atoms with Crippen molar-refractivity contribution in [3.63, 3.8) is 0 Å². The van der Waals surface area contributed by atoms with E-state index in [1.165, 1.54) is 31.2 Å². The molecular formula is C73H106GdN10O20S3. The summed E-state index contributed by atoms with van der Waals surface area (Å²) in [6.07, 6.45) is 16.1. The number of nitrogens with two attached hydrogens (primary N) is 2. The Balaban J connectivity index is 0.000000528. The molecule has 0 spiro atoms. The van der Waals surface area contributed by atoms with Gasteiger partial charge in [-0.25, -0.2) is 0 Å². The summed E-state index contributed by atoms with van der Waals surface area (Å²) in [6.45, 7) is 15.2. The second-order valence-electron chi connectivity index (χ2n) is 28.0. The van der Waals surface area contributed by atoms with Crippen LogP contribution in [0.3, 0.4) is 0 Å².